The van der Waals surface area contributed by atoms with Crippen molar-refractivity contribution in [1.82, 2.24) is 20.4 Å². The molecule has 0 amide bonds. The van der Waals surface area contributed by atoms with E-state index in [9.17, 15) is 0 Å². The van der Waals surface area contributed by atoms with Gasteiger partial charge in [0.1, 0.15) is 0 Å². The molecule has 3 rings (SSSR count). The molecule has 1 aliphatic carbocycles. The van der Waals surface area contributed by atoms with E-state index in [4.69, 9.17) is 0 Å². The topological polar surface area (TPSA) is 41.9 Å². The van der Waals surface area contributed by atoms with E-state index in [-0.39, 0.29) is 0 Å². The van der Waals surface area contributed by atoms with Gasteiger partial charge in [0.2, 0.25) is 0 Å². The molecule has 0 spiro atoms. The van der Waals surface area contributed by atoms with E-state index in [2.05, 4.69) is 26.6 Å². The predicted molar refractivity (Wildman–Crippen MR) is 67.8 cm³/mol. The van der Waals surface area contributed by atoms with Crippen LogP contribution < -0.4 is 10.6 Å². The zero-order valence-corrected chi connectivity index (χ0v) is 10.4. The van der Waals surface area contributed by atoms with Gasteiger partial charge in [-0.05, 0) is 38.3 Å². The second-order valence-electron chi connectivity index (χ2n) is 5.63. The zero-order chi connectivity index (χ0) is 11.6. The summed E-state index contributed by atoms with van der Waals surface area (Å²) in [4.78, 5) is 0. The maximum absolute atomic E-state index is 4.31. The molecule has 0 aromatic carbocycles. The van der Waals surface area contributed by atoms with Crippen LogP contribution in [0.15, 0.2) is 18.5 Å². The monoisotopic (exact) mass is 234 g/mol. The highest BCUT2D eigenvalue weighted by molar-refractivity contribution is 4.96. The lowest BCUT2D eigenvalue weighted by molar-refractivity contribution is 0.320. The van der Waals surface area contributed by atoms with E-state index in [1.165, 1.54) is 32.2 Å². The van der Waals surface area contributed by atoms with Crippen LogP contribution in [0.25, 0.3) is 0 Å². The summed E-state index contributed by atoms with van der Waals surface area (Å²) in [5, 5.41) is 11.5. The highest BCUT2D eigenvalue weighted by atomic mass is 15.3. The van der Waals surface area contributed by atoms with Crippen LogP contribution in [0.3, 0.4) is 0 Å². The summed E-state index contributed by atoms with van der Waals surface area (Å²) in [6, 6.07) is 2.69. The molecule has 1 saturated heterocycles. The van der Waals surface area contributed by atoms with Crippen LogP contribution in [0.1, 0.15) is 25.7 Å². The molecule has 17 heavy (non-hydrogen) atoms. The van der Waals surface area contributed by atoms with Gasteiger partial charge in [0.05, 0.1) is 0 Å². The van der Waals surface area contributed by atoms with Gasteiger partial charge >= 0.3 is 0 Å². The van der Waals surface area contributed by atoms with Crippen LogP contribution in [0, 0.1) is 5.41 Å². The first-order chi connectivity index (χ1) is 8.36. The van der Waals surface area contributed by atoms with Gasteiger partial charge in [0.25, 0.3) is 0 Å². The van der Waals surface area contributed by atoms with Crippen molar-refractivity contribution in [3.05, 3.63) is 18.5 Å². The summed E-state index contributed by atoms with van der Waals surface area (Å²) in [5.41, 5.74) is 0.490. The Balaban J connectivity index is 1.47. The summed E-state index contributed by atoms with van der Waals surface area (Å²) in [6.07, 6.45) is 9.27. The van der Waals surface area contributed by atoms with Crippen LogP contribution in [-0.4, -0.2) is 35.5 Å². The van der Waals surface area contributed by atoms with Crippen LogP contribution in [-0.2, 0) is 6.54 Å². The number of rotatable bonds is 5. The fraction of sp³-hybridized carbons (Fsp3) is 0.769. The molecule has 0 unspecified atom stereocenters. The molecule has 1 saturated carbocycles. The molecule has 2 heterocycles. The lowest BCUT2D eigenvalue weighted by Crippen LogP contribution is -2.45. The molecule has 1 aromatic heterocycles. The van der Waals surface area contributed by atoms with Crippen LogP contribution in [0.2, 0.25) is 0 Å². The van der Waals surface area contributed by atoms with E-state index in [1.807, 2.05) is 12.3 Å². The molecule has 1 atom stereocenters. The van der Waals surface area contributed by atoms with Gasteiger partial charge in [0.15, 0.2) is 0 Å². The maximum Gasteiger partial charge on any atom is 0.0489 e. The molecular weight excluding hydrogens is 212 g/mol. The van der Waals surface area contributed by atoms with Crippen molar-refractivity contribution in [3.8, 4) is 0 Å². The molecule has 1 aromatic rings. The standard InChI is InChI=1S/C13H22N4/c1-3-12(9-14-6-1)15-10-13(4-5-13)11-17-8-2-7-16-17/h2,7-8,12,14-15H,1,3-6,9-11H2/t12-/m0/s1. The Morgan fingerprint density at radius 1 is 1.47 bits per heavy atom. The minimum Gasteiger partial charge on any atom is -0.315 e. The Morgan fingerprint density at radius 3 is 3.06 bits per heavy atom. The van der Waals surface area contributed by atoms with Crippen molar-refractivity contribution < 1.29 is 0 Å². The fourth-order valence-corrected chi connectivity index (χ4v) is 2.69. The van der Waals surface area contributed by atoms with Crippen molar-refractivity contribution in [3.63, 3.8) is 0 Å². The van der Waals surface area contributed by atoms with Crippen LogP contribution in [0.5, 0.6) is 0 Å². The van der Waals surface area contributed by atoms with Gasteiger partial charge in [-0.2, -0.15) is 5.10 Å². The minimum atomic E-state index is 0.490. The number of piperidine rings is 1. The smallest absolute Gasteiger partial charge is 0.0489 e. The highest BCUT2D eigenvalue weighted by Gasteiger charge is 2.43. The third-order valence-electron chi connectivity index (χ3n) is 4.08. The van der Waals surface area contributed by atoms with Gasteiger partial charge in [0, 0.05) is 43.5 Å². The third kappa shape index (κ3) is 2.87. The Labute approximate surface area is 103 Å². The SMILES string of the molecule is c1cnn(CC2(CN[C@H]3CCCNC3)CC2)c1. The van der Waals surface area contributed by atoms with Crippen molar-refractivity contribution in [2.45, 2.75) is 38.3 Å². The fourth-order valence-electron chi connectivity index (χ4n) is 2.69. The van der Waals surface area contributed by atoms with Crippen molar-refractivity contribution in [2.75, 3.05) is 19.6 Å². The second kappa shape index (κ2) is 4.78. The number of hydrogen-bond acceptors (Lipinski definition) is 3. The molecule has 0 bridgehead atoms. The molecule has 2 fully saturated rings. The molecule has 0 radical (unpaired) electrons. The Morgan fingerprint density at radius 2 is 2.41 bits per heavy atom. The average molecular weight is 234 g/mol. The van der Waals surface area contributed by atoms with E-state index in [0.29, 0.717) is 11.5 Å². The molecule has 1 aliphatic heterocycles. The number of hydrogen-bond donors (Lipinski definition) is 2. The summed E-state index contributed by atoms with van der Waals surface area (Å²) in [6.45, 7) is 4.56. The molecule has 2 N–H and O–H groups in total. The van der Waals surface area contributed by atoms with E-state index in [0.717, 1.165) is 19.6 Å². The van der Waals surface area contributed by atoms with Crippen LogP contribution in [0.4, 0.5) is 0 Å². The zero-order valence-electron chi connectivity index (χ0n) is 10.4. The summed E-state index contributed by atoms with van der Waals surface area (Å²) in [7, 11) is 0. The molecule has 4 nitrogen and oxygen atoms in total. The van der Waals surface area contributed by atoms with E-state index < -0.39 is 0 Å². The Hall–Kier alpha value is -0.870. The van der Waals surface area contributed by atoms with Gasteiger partial charge in [-0.3, -0.25) is 4.68 Å². The molecule has 4 heteroatoms. The third-order valence-corrected chi connectivity index (χ3v) is 4.08. The van der Waals surface area contributed by atoms with Gasteiger partial charge in [-0.1, -0.05) is 0 Å². The minimum absolute atomic E-state index is 0.490. The van der Waals surface area contributed by atoms with Gasteiger partial charge in [-0.25, -0.2) is 0 Å². The summed E-state index contributed by atoms with van der Waals surface area (Å²) >= 11 is 0. The summed E-state index contributed by atoms with van der Waals surface area (Å²) in [5.74, 6) is 0. The molecular formula is C13H22N4. The first kappa shape index (κ1) is 11.2. The van der Waals surface area contributed by atoms with E-state index in [1.54, 1.807) is 0 Å². The maximum atomic E-state index is 4.31. The Kier molecular flexibility index (Phi) is 3.16. The normalized spacial score (nSPS) is 26.9. The average Bonchev–Trinajstić information content (AvgIpc) is 2.93. The van der Waals surface area contributed by atoms with Gasteiger partial charge in [-0.15, -0.1) is 0 Å². The van der Waals surface area contributed by atoms with E-state index >= 15 is 0 Å². The molecule has 94 valence electrons. The predicted octanol–water partition coefficient (Wildman–Crippen LogP) is 1.00. The number of aromatic nitrogens is 2. The Bertz CT molecular complexity index is 336. The number of nitrogens with zero attached hydrogens (tertiary/aromatic N) is 2. The lowest BCUT2D eigenvalue weighted by atomic mass is 10.0. The first-order valence-electron chi connectivity index (χ1n) is 6.78. The number of nitrogens with one attached hydrogen (secondary N) is 2. The largest absolute Gasteiger partial charge is 0.315 e. The van der Waals surface area contributed by atoms with Crippen molar-refractivity contribution in [2.24, 2.45) is 5.41 Å². The quantitative estimate of drug-likeness (QED) is 0.799. The molecule has 2 aliphatic rings. The van der Waals surface area contributed by atoms with Crippen LogP contribution >= 0.6 is 0 Å². The summed E-state index contributed by atoms with van der Waals surface area (Å²) < 4.78 is 2.08. The lowest BCUT2D eigenvalue weighted by Gasteiger charge is -2.26. The second-order valence-corrected chi connectivity index (χ2v) is 5.63. The van der Waals surface area contributed by atoms with Gasteiger partial charge < -0.3 is 10.6 Å². The highest BCUT2D eigenvalue weighted by Crippen LogP contribution is 2.46. The first-order valence-corrected chi connectivity index (χ1v) is 6.78. The van der Waals surface area contributed by atoms with Crippen molar-refractivity contribution in [1.29, 1.82) is 0 Å². The van der Waals surface area contributed by atoms with Crippen molar-refractivity contribution >= 4 is 0 Å².